The summed E-state index contributed by atoms with van der Waals surface area (Å²) < 4.78 is 22.1. The monoisotopic (exact) mass is 412 g/mol. The van der Waals surface area contributed by atoms with Gasteiger partial charge in [0, 0.05) is 22.6 Å². The number of hydrogen-bond acceptors (Lipinski definition) is 7. The van der Waals surface area contributed by atoms with Gasteiger partial charge in [0.1, 0.15) is 22.5 Å². The summed E-state index contributed by atoms with van der Waals surface area (Å²) >= 11 is 0. The van der Waals surface area contributed by atoms with Crippen LogP contribution in [-0.2, 0) is 5.41 Å². The van der Waals surface area contributed by atoms with Gasteiger partial charge in [0.25, 0.3) is 0 Å². The van der Waals surface area contributed by atoms with Gasteiger partial charge in [-0.15, -0.1) is 6.58 Å². The predicted octanol–water partition coefficient (Wildman–Crippen LogP) is 4.36. The van der Waals surface area contributed by atoms with E-state index in [0.29, 0.717) is 22.6 Å². The van der Waals surface area contributed by atoms with Crippen molar-refractivity contribution in [3.8, 4) is 40.1 Å². The van der Waals surface area contributed by atoms with Crippen LogP contribution in [0.3, 0.4) is 0 Å². The smallest absolute Gasteiger partial charge is 0.239 e. The first kappa shape index (κ1) is 21.1. The number of phenols is 2. The Kier molecular flexibility index (Phi) is 5.39. The van der Waals surface area contributed by atoms with E-state index in [-0.39, 0.29) is 28.2 Å². The summed E-state index contributed by atoms with van der Waals surface area (Å²) in [7, 11) is 4.36. The molecule has 0 aliphatic carbocycles. The maximum Gasteiger partial charge on any atom is 0.239 e. The zero-order valence-electron chi connectivity index (χ0n) is 17.5. The molecule has 7 nitrogen and oxygen atoms in total. The average Bonchev–Trinajstić information content (AvgIpc) is 2.72. The third-order valence-corrected chi connectivity index (χ3v) is 5.09. The Labute approximate surface area is 173 Å². The minimum atomic E-state index is -0.755. The lowest BCUT2D eigenvalue weighted by molar-refractivity contribution is 0.355. The van der Waals surface area contributed by atoms with Gasteiger partial charge in [-0.1, -0.05) is 19.9 Å². The highest BCUT2D eigenvalue weighted by Crippen LogP contribution is 2.44. The molecule has 0 fully saturated rings. The SMILES string of the molecule is C=CC(C)(C)c1c(O)cc(O)c2c(=O)c(OC)c(-c3ccc(OC)c(OC)c3)oc12. The van der Waals surface area contributed by atoms with Gasteiger partial charge in [-0.3, -0.25) is 4.79 Å². The fourth-order valence-corrected chi connectivity index (χ4v) is 3.40. The first-order valence-electron chi connectivity index (χ1n) is 9.16. The summed E-state index contributed by atoms with van der Waals surface area (Å²) in [6, 6.07) is 6.13. The molecule has 0 bridgehead atoms. The Bertz CT molecular complexity index is 1190. The summed E-state index contributed by atoms with van der Waals surface area (Å²) in [6.45, 7) is 7.43. The van der Waals surface area contributed by atoms with Crippen LogP contribution in [0.15, 0.2) is 46.1 Å². The molecule has 0 radical (unpaired) electrons. The van der Waals surface area contributed by atoms with Crippen LogP contribution < -0.4 is 19.6 Å². The molecule has 0 amide bonds. The molecule has 30 heavy (non-hydrogen) atoms. The molecule has 0 unspecified atom stereocenters. The first-order valence-corrected chi connectivity index (χ1v) is 9.16. The molecule has 2 aromatic carbocycles. The van der Waals surface area contributed by atoms with Gasteiger partial charge in [0.05, 0.1) is 21.3 Å². The van der Waals surface area contributed by atoms with Crippen molar-refractivity contribution in [1.29, 1.82) is 0 Å². The third kappa shape index (κ3) is 3.22. The van der Waals surface area contributed by atoms with E-state index in [1.165, 1.54) is 21.3 Å². The normalized spacial score (nSPS) is 11.4. The number of fused-ring (bicyclic) bond motifs is 1. The zero-order valence-corrected chi connectivity index (χ0v) is 17.5. The van der Waals surface area contributed by atoms with E-state index in [9.17, 15) is 15.0 Å². The zero-order chi connectivity index (χ0) is 22.2. The second-order valence-corrected chi connectivity index (χ2v) is 7.28. The van der Waals surface area contributed by atoms with Crippen LogP contribution in [-0.4, -0.2) is 31.5 Å². The van der Waals surface area contributed by atoms with E-state index in [1.807, 2.05) is 13.8 Å². The molecular weight excluding hydrogens is 388 g/mol. The molecule has 0 saturated heterocycles. The molecule has 0 atom stereocenters. The van der Waals surface area contributed by atoms with Crippen molar-refractivity contribution in [1.82, 2.24) is 0 Å². The van der Waals surface area contributed by atoms with Gasteiger partial charge >= 0.3 is 0 Å². The fourth-order valence-electron chi connectivity index (χ4n) is 3.40. The van der Waals surface area contributed by atoms with E-state index < -0.39 is 16.6 Å². The molecule has 1 heterocycles. The number of phenolic OH excluding ortho intramolecular Hbond substituents is 2. The number of benzene rings is 2. The highest BCUT2D eigenvalue weighted by molar-refractivity contribution is 5.92. The standard InChI is InChI=1S/C23H24O7/c1-7-23(2,3)18-14(25)11-13(24)17-19(26)22(29-6)20(30-21(17)18)12-8-9-15(27-4)16(10-12)28-5/h7-11,24-25H,1H2,2-6H3. The molecule has 7 heteroatoms. The van der Waals surface area contributed by atoms with E-state index in [1.54, 1.807) is 24.3 Å². The number of methoxy groups -OCH3 is 3. The lowest BCUT2D eigenvalue weighted by atomic mass is 9.83. The molecule has 0 spiro atoms. The second kappa shape index (κ2) is 7.67. The lowest BCUT2D eigenvalue weighted by Crippen LogP contribution is -2.16. The van der Waals surface area contributed by atoms with Crippen LogP contribution >= 0.6 is 0 Å². The van der Waals surface area contributed by atoms with E-state index >= 15 is 0 Å². The fraction of sp³-hybridized carbons (Fsp3) is 0.261. The van der Waals surface area contributed by atoms with Crippen molar-refractivity contribution in [2.45, 2.75) is 19.3 Å². The van der Waals surface area contributed by atoms with Crippen LogP contribution in [0.25, 0.3) is 22.3 Å². The molecule has 2 N–H and O–H groups in total. The van der Waals surface area contributed by atoms with E-state index in [0.717, 1.165) is 6.07 Å². The van der Waals surface area contributed by atoms with Crippen LogP contribution in [0.2, 0.25) is 0 Å². The van der Waals surface area contributed by atoms with Gasteiger partial charge in [-0.2, -0.15) is 0 Å². The number of hydrogen-bond donors (Lipinski definition) is 2. The summed E-state index contributed by atoms with van der Waals surface area (Å²) in [4.78, 5) is 13.2. The Morgan fingerprint density at radius 3 is 2.23 bits per heavy atom. The number of aromatic hydroxyl groups is 2. The number of ether oxygens (including phenoxy) is 3. The summed E-state index contributed by atoms with van der Waals surface area (Å²) in [5.41, 5.74) is -0.453. The van der Waals surface area contributed by atoms with Gasteiger partial charge < -0.3 is 28.8 Å². The van der Waals surface area contributed by atoms with Crippen molar-refractivity contribution in [3.05, 3.63) is 52.7 Å². The van der Waals surface area contributed by atoms with Crippen molar-refractivity contribution >= 4 is 11.0 Å². The lowest BCUT2D eigenvalue weighted by Gasteiger charge is -2.23. The van der Waals surface area contributed by atoms with Crippen LogP contribution in [0.4, 0.5) is 0 Å². The van der Waals surface area contributed by atoms with E-state index in [4.69, 9.17) is 18.6 Å². The second-order valence-electron chi connectivity index (χ2n) is 7.28. The topological polar surface area (TPSA) is 98.4 Å². The largest absolute Gasteiger partial charge is 0.507 e. The summed E-state index contributed by atoms with van der Waals surface area (Å²) in [5, 5.41) is 20.9. The minimum absolute atomic E-state index is 0.0491. The molecule has 0 aliphatic rings. The molecule has 158 valence electrons. The summed E-state index contributed by atoms with van der Waals surface area (Å²) in [6.07, 6.45) is 1.62. The highest BCUT2D eigenvalue weighted by atomic mass is 16.5. The van der Waals surface area contributed by atoms with Crippen molar-refractivity contribution in [2.75, 3.05) is 21.3 Å². The predicted molar refractivity (Wildman–Crippen MR) is 114 cm³/mol. The highest BCUT2D eigenvalue weighted by Gasteiger charge is 2.30. The van der Waals surface area contributed by atoms with Crippen LogP contribution in [0.5, 0.6) is 28.7 Å². The Hall–Kier alpha value is -3.61. The number of allylic oxidation sites excluding steroid dienone is 1. The molecule has 3 aromatic rings. The van der Waals surface area contributed by atoms with Crippen molar-refractivity contribution in [3.63, 3.8) is 0 Å². The van der Waals surface area contributed by atoms with Gasteiger partial charge in [-0.25, -0.2) is 0 Å². The third-order valence-electron chi connectivity index (χ3n) is 5.09. The Balaban J connectivity index is 2.49. The molecule has 0 aliphatic heterocycles. The maximum absolute atomic E-state index is 13.2. The molecule has 1 aromatic heterocycles. The van der Waals surface area contributed by atoms with Crippen LogP contribution in [0.1, 0.15) is 19.4 Å². The van der Waals surface area contributed by atoms with Gasteiger partial charge in [0.2, 0.25) is 11.2 Å². The maximum atomic E-state index is 13.2. The Morgan fingerprint density at radius 1 is 1.00 bits per heavy atom. The summed E-state index contributed by atoms with van der Waals surface area (Å²) in [5.74, 6) is 0.367. The molecule has 0 saturated carbocycles. The van der Waals surface area contributed by atoms with Gasteiger partial charge in [0.15, 0.2) is 17.3 Å². The van der Waals surface area contributed by atoms with Gasteiger partial charge in [-0.05, 0) is 18.2 Å². The number of rotatable bonds is 6. The average molecular weight is 412 g/mol. The minimum Gasteiger partial charge on any atom is -0.507 e. The van der Waals surface area contributed by atoms with Crippen molar-refractivity contribution < 1.29 is 28.8 Å². The van der Waals surface area contributed by atoms with E-state index in [2.05, 4.69) is 6.58 Å². The quantitative estimate of drug-likeness (QED) is 0.581. The van der Waals surface area contributed by atoms with Crippen molar-refractivity contribution in [2.24, 2.45) is 0 Å². The Morgan fingerprint density at radius 2 is 1.67 bits per heavy atom. The molecule has 3 rings (SSSR count). The first-order chi connectivity index (χ1) is 14.2. The van der Waals surface area contributed by atoms with Crippen LogP contribution in [0, 0.1) is 0 Å². The molecular formula is C23H24O7.